The second-order valence-corrected chi connectivity index (χ2v) is 6.51. The fourth-order valence-corrected chi connectivity index (χ4v) is 2.06. The molecule has 164 valence electrons. The van der Waals surface area contributed by atoms with Crippen LogP contribution in [-0.4, -0.2) is 59.8 Å². The van der Waals surface area contributed by atoms with Gasteiger partial charge in [-0.15, -0.1) is 0 Å². The first kappa shape index (κ1) is 26.1. The highest BCUT2D eigenvalue weighted by Crippen LogP contribution is 2.42. The van der Waals surface area contributed by atoms with Crippen molar-refractivity contribution in [2.45, 2.75) is 42.4 Å². The summed E-state index contributed by atoms with van der Waals surface area (Å²) < 4.78 is 128. The molecule has 16 heteroatoms. The maximum Gasteiger partial charge on any atom is 0.468 e. The number of esters is 1. The van der Waals surface area contributed by atoms with E-state index in [0.717, 1.165) is 0 Å². The lowest BCUT2D eigenvalue weighted by molar-refractivity contribution is -0.353. The molecule has 0 aromatic carbocycles. The van der Waals surface area contributed by atoms with Crippen LogP contribution < -0.4 is 0 Å². The van der Waals surface area contributed by atoms with Gasteiger partial charge in [-0.2, -0.15) is 39.2 Å². The maximum atomic E-state index is 13.2. The molecule has 0 rings (SSSR count). The lowest BCUT2D eigenvalue weighted by Crippen LogP contribution is -2.57. The molecule has 0 aliphatic heterocycles. The van der Waals surface area contributed by atoms with E-state index in [4.69, 9.17) is 9.66 Å². The Morgan fingerprint density at radius 2 is 1.54 bits per heavy atom. The monoisotopic (exact) mass is 450 g/mol. The van der Waals surface area contributed by atoms with Crippen LogP contribution in [0.25, 0.3) is 0 Å². The van der Waals surface area contributed by atoms with Crippen molar-refractivity contribution in [2.24, 2.45) is 0 Å². The third-order valence-electron chi connectivity index (χ3n) is 3.01. The fraction of sp³-hybridized carbons (Fsp3) is 0.667. The van der Waals surface area contributed by atoms with Gasteiger partial charge >= 0.3 is 45.2 Å². The van der Waals surface area contributed by atoms with E-state index in [9.17, 15) is 48.7 Å². The molecular weight excluding hydrogens is 437 g/mol. The Kier molecular flexibility index (Phi) is 8.01. The highest BCUT2D eigenvalue weighted by atomic mass is 32.2. The first-order valence-electron chi connectivity index (χ1n) is 6.88. The summed E-state index contributed by atoms with van der Waals surface area (Å²) in [6, 6.07) is 0. The molecule has 0 aromatic heterocycles. The molecule has 0 heterocycles. The average molecular weight is 450 g/mol. The Balaban J connectivity index is 5.13. The number of alkyl halides is 7. The molecule has 0 aromatic rings. The van der Waals surface area contributed by atoms with E-state index in [1.165, 1.54) is 0 Å². The number of carbonyl (C=O) groups excluding carboxylic acids is 1. The molecule has 0 aliphatic carbocycles. The molecule has 2 N–H and O–H groups in total. The van der Waals surface area contributed by atoms with Crippen LogP contribution in [0, 0.1) is 0 Å². The van der Waals surface area contributed by atoms with Gasteiger partial charge in [0.05, 0.1) is 6.61 Å². The zero-order valence-electron chi connectivity index (χ0n) is 13.5. The quantitative estimate of drug-likeness (QED) is 0.123. The number of carboxylic acids is 1. The summed E-state index contributed by atoms with van der Waals surface area (Å²) in [5, 5.41) is 2.85. The molecule has 28 heavy (non-hydrogen) atoms. The number of hydrogen-bond donors (Lipinski definition) is 2. The summed E-state index contributed by atoms with van der Waals surface area (Å²) >= 11 is 0. The first-order valence-corrected chi connectivity index (χ1v) is 8.32. The van der Waals surface area contributed by atoms with Crippen molar-refractivity contribution in [3.8, 4) is 0 Å². The topological polar surface area (TPSA) is 127 Å². The van der Waals surface area contributed by atoms with Crippen molar-refractivity contribution in [3.63, 3.8) is 0 Å². The van der Waals surface area contributed by atoms with Gasteiger partial charge in [-0.25, -0.2) is 9.59 Å². The lowest BCUT2D eigenvalue weighted by atomic mass is 10.1. The van der Waals surface area contributed by atoms with Gasteiger partial charge < -0.3 is 14.6 Å². The van der Waals surface area contributed by atoms with Crippen LogP contribution in [0.3, 0.4) is 0 Å². The summed E-state index contributed by atoms with van der Waals surface area (Å²) in [6.45, 7) is 1.44. The minimum absolute atomic E-state index is 0.185. The SMILES string of the molecule is C=CC(=O)OC(OCCCCC(F)(F)C(F)(F)S(=O)(=O)O)(C(=O)O)C(F)(F)F. The molecule has 1 atom stereocenters. The van der Waals surface area contributed by atoms with Crippen LogP contribution >= 0.6 is 0 Å². The number of carboxylic acid groups (broad SMARTS) is 1. The van der Waals surface area contributed by atoms with Crippen molar-refractivity contribution < 1.29 is 67.9 Å². The van der Waals surface area contributed by atoms with Crippen LogP contribution in [0.5, 0.6) is 0 Å². The number of carbonyl (C=O) groups is 2. The molecule has 0 fully saturated rings. The van der Waals surface area contributed by atoms with E-state index in [0.29, 0.717) is 0 Å². The standard InChI is InChI=1S/C12H13F7O8S/c1-2-7(20)27-10(8(21)22,11(15,16)17)26-6-4-3-5-9(13,14)12(18,19)28(23,24)25/h2H,1,3-6H2,(H,21,22)(H,23,24,25). The van der Waals surface area contributed by atoms with E-state index in [1.54, 1.807) is 0 Å². The second-order valence-electron chi connectivity index (χ2n) is 5.05. The average Bonchev–Trinajstić information content (AvgIpc) is 2.50. The fourth-order valence-electron chi connectivity index (χ4n) is 1.58. The normalized spacial score (nSPS) is 15.6. The van der Waals surface area contributed by atoms with Crippen molar-refractivity contribution >= 4 is 22.1 Å². The number of rotatable bonds is 11. The summed E-state index contributed by atoms with van der Waals surface area (Å²) in [5.74, 6) is -14.5. The molecule has 1 unspecified atom stereocenters. The summed E-state index contributed by atoms with van der Waals surface area (Å²) in [7, 11) is -6.48. The zero-order valence-corrected chi connectivity index (χ0v) is 14.3. The molecular formula is C12H13F7O8S. The number of unbranched alkanes of at least 4 members (excludes halogenated alkanes) is 1. The minimum atomic E-state index is -6.48. The summed E-state index contributed by atoms with van der Waals surface area (Å²) in [6.07, 6.45) is -9.54. The molecule has 0 amide bonds. The van der Waals surface area contributed by atoms with Crippen LogP contribution in [0.15, 0.2) is 12.7 Å². The van der Waals surface area contributed by atoms with E-state index in [-0.39, 0.29) is 6.08 Å². The third kappa shape index (κ3) is 5.54. The summed E-state index contributed by atoms with van der Waals surface area (Å²) in [5.41, 5.74) is 0. The van der Waals surface area contributed by atoms with Crippen molar-refractivity contribution in [3.05, 3.63) is 12.7 Å². The Morgan fingerprint density at radius 1 is 1.04 bits per heavy atom. The van der Waals surface area contributed by atoms with Crippen molar-refractivity contribution in [1.29, 1.82) is 0 Å². The van der Waals surface area contributed by atoms with Crippen LogP contribution in [0.4, 0.5) is 30.7 Å². The highest BCUT2D eigenvalue weighted by Gasteiger charge is 2.67. The first-order chi connectivity index (χ1) is 12.4. The van der Waals surface area contributed by atoms with Gasteiger partial charge in [-0.3, -0.25) is 4.55 Å². The molecule has 0 bridgehead atoms. The van der Waals surface area contributed by atoms with Gasteiger partial charge in [0.1, 0.15) is 0 Å². The van der Waals surface area contributed by atoms with Gasteiger partial charge in [-0.1, -0.05) is 6.58 Å². The Labute approximate surface area is 152 Å². The van der Waals surface area contributed by atoms with Gasteiger partial charge in [-0.05, 0) is 12.8 Å². The van der Waals surface area contributed by atoms with Crippen molar-refractivity contribution in [1.82, 2.24) is 0 Å². The summed E-state index contributed by atoms with van der Waals surface area (Å²) in [4.78, 5) is 21.9. The number of ether oxygens (including phenoxy) is 2. The van der Waals surface area contributed by atoms with Gasteiger partial charge in [0.2, 0.25) is 0 Å². The van der Waals surface area contributed by atoms with E-state index in [1.807, 2.05) is 0 Å². The molecule has 0 spiro atoms. The highest BCUT2D eigenvalue weighted by molar-refractivity contribution is 7.87. The van der Waals surface area contributed by atoms with E-state index >= 15 is 0 Å². The predicted octanol–water partition coefficient (Wildman–Crippen LogP) is 2.36. The third-order valence-corrected chi connectivity index (χ3v) is 3.95. The van der Waals surface area contributed by atoms with Crippen LogP contribution in [0.1, 0.15) is 19.3 Å². The predicted molar refractivity (Wildman–Crippen MR) is 74.0 cm³/mol. The molecule has 0 radical (unpaired) electrons. The zero-order chi connectivity index (χ0) is 22.6. The van der Waals surface area contributed by atoms with Gasteiger partial charge in [0.15, 0.2) is 0 Å². The molecule has 0 saturated carbocycles. The number of halogens is 7. The molecule has 0 saturated heterocycles. The van der Waals surface area contributed by atoms with Crippen LogP contribution in [-0.2, 0) is 29.2 Å². The van der Waals surface area contributed by atoms with E-state index in [2.05, 4.69) is 16.1 Å². The second kappa shape index (κ2) is 8.60. The number of hydrogen-bond acceptors (Lipinski definition) is 6. The largest absolute Gasteiger partial charge is 0.476 e. The smallest absolute Gasteiger partial charge is 0.468 e. The Bertz CT molecular complexity index is 703. The lowest BCUT2D eigenvalue weighted by Gasteiger charge is -2.30. The van der Waals surface area contributed by atoms with Gasteiger partial charge in [0, 0.05) is 12.5 Å². The Hall–Kier alpha value is -1.94. The Morgan fingerprint density at radius 3 is 1.89 bits per heavy atom. The van der Waals surface area contributed by atoms with E-state index < -0.39 is 71.1 Å². The van der Waals surface area contributed by atoms with Crippen LogP contribution in [0.2, 0.25) is 0 Å². The maximum absolute atomic E-state index is 13.2. The number of aliphatic carboxylic acids is 1. The van der Waals surface area contributed by atoms with Crippen molar-refractivity contribution in [2.75, 3.05) is 6.61 Å². The molecule has 0 aliphatic rings. The minimum Gasteiger partial charge on any atom is -0.476 e. The van der Waals surface area contributed by atoms with Gasteiger partial charge in [0.25, 0.3) is 0 Å². The molecule has 8 nitrogen and oxygen atoms in total.